The summed E-state index contributed by atoms with van der Waals surface area (Å²) in [7, 11) is -3.40. The summed E-state index contributed by atoms with van der Waals surface area (Å²) in [6.45, 7) is 0. The zero-order chi connectivity index (χ0) is 14.8. The predicted molar refractivity (Wildman–Crippen MR) is 84.3 cm³/mol. The van der Waals surface area contributed by atoms with E-state index in [4.69, 9.17) is 10.5 Å². The van der Waals surface area contributed by atoms with Crippen molar-refractivity contribution >= 4 is 32.4 Å². The van der Waals surface area contributed by atoms with Crippen molar-refractivity contribution in [1.82, 2.24) is 0 Å². The van der Waals surface area contributed by atoms with Gasteiger partial charge in [0.05, 0.1) is 10.7 Å². The first-order chi connectivity index (χ1) is 9.48. The SMILES string of the molecule is N#CC(C#N)=C1CC2(CCCCC2)CS(=O)(=O)/C1=C\I. The van der Waals surface area contributed by atoms with Gasteiger partial charge in [-0.05, 0) is 28.8 Å². The molecule has 0 unspecified atom stereocenters. The lowest BCUT2D eigenvalue weighted by Crippen LogP contribution is -2.38. The molecule has 1 saturated carbocycles. The molecule has 1 aliphatic heterocycles. The van der Waals surface area contributed by atoms with Crippen LogP contribution in [0.15, 0.2) is 20.1 Å². The van der Waals surface area contributed by atoms with Gasteiger partial charge in [0.15, 0.2) is 9.84 Å². The van der Waals surface area contributed by atoms with Crippen molar-refractivity contribution < 1.29 is 8.42 Å². The van der Waals surface area contributed by atoms with Crippen molar-refractivity contribution in [3.05, 3.63) is 20.1 Å². The van der Waals surface area contributed by atoms with Crippen LogP contribution in [0, 0.1) is 28.1 Å². The molecule has 4 nitrogen and oxygen atoms in total. The second kappa shape index (κ2) is 5.87. The number of halogens is 1. The van der Waals surface area contributed by atoms with Gasteiger partial charge in [0.1, 0.15) is 17.7 Å². The molecule has 2 aliphatic rings. The molecule has 0 aromatic carbocycles. The second-order valence-corrected chi connectivity index (χ2v) is 8.13. The molecule has 0 N–H and O–H groups in total. The van der Waals surface area contributed by atoms with E-state index < -0.39 is 9.84 Å². The smallest absolute Gasteiger partial charge is 0.179 e. The van der Waals surface area contributed by atoms with Crippen LogP contribution in [0.4, 0.5) is 0 Å². The fourth-order valence-corrected chi connectivity index (χ4v) is 6.89. The fourth-order valence-electron chi connectivity index (χ4n) is 3.31. The molecular formula is C14H15IN2O2S. The third-order valence-electron chi connectivity index (χ3n) is 4.22. The Bertz CT molecular complexity index is 640. The molecule has 0 radical (unpaired) electrons. The summed E-state index contributed by atoms with van der Waals surface area (Å²) in [6, 6.07) is 3.71. The molecule has 2 rings (SSSR count). The van der Waals surface area contributed by atoms with Gasteiger partial charge >= 0.3 is 0 Å². The third-order valence-corrected chi connectivity index (χ3v) is 7.29. The highest BCUT2D eigenvalue weighted by atomic mass is 127. The molecule has 0 amide bonds. The van der Waals surface area contributed by atoms with E-state index in [0.29, 0.717) is 12.0 Å². The van der Waals surface area contributed by atoms with Crippen LogP contribution < -0.4 is 0 Å². The minimum atomic E-state index is -3.40. The number of nitriles is 2. The lowest BCUT2D eigenvalue weighted by atomic mass is 9.71. The van der Waals surface area contributed by atoms with Crippen molar-refractivity contribution in [3.63, 3.8) is 0 Å². The van der Waals surface area contributed by atoms with Gasteiger partial charge in [-0.15, -0.1) is 0 Å². The molecule has 0 bridgehead atoms. The summed E-state index contributed by atoms with van der Waals surface area (Å²) in [5.41, 5.74) is 0.104. The van der Waals surface area contributed by atoms with E-state index in [0.717, 1.165) is 32.1 Å². The Balaban J connectivity index is 2.58. The summed E-state index contributed by atoms with van der Waals surface area (Å²) in [5.74, 6) is 0.155. The van der Waals surface area contributed by atoms with Gasteiger partial charge in [-0.3, -0.25) is 0 Å². The summed E-state index contributed by atoms with van der Waals surface area (Å²) >= 11 is 1.88. The summed E-state index contributed by atoms with van der Waals surface area (Å²) in [4.78, 5) is 0.174. The van der Waals surface area contributed by atoms with Crippen molar-refractivity contribution in [2.75, 3.05) is 5.75 Å². The molecule has 6 heteroatoms. The zero-order valence-electron chi connectivity index (χ0n) is 11.0. The van der Waals surface area contributed by atoms with E-state index in [1.165, 1.54) is 4.08 Å². The molecule has 1 saturated heterocycles. The highest BCUT2D eigenvalue weighted by Crippen LogP contribution is 2.49. The van der Waals surface area contributed by atoms with Gasteiger partial charge in [-0.2, -0.15) is 10.5 Å². The van der Waals surface area contributed by atoms with Gasteiger partial charge in [-0.1, -0.05) is 41.9 Å². The maximum atomic E-state index is 12.5. The van der Waals surface area contributed by atoms with Gasteiger partial charge < -0.3 is 0 Å². The molecular weight excluding hydrogens is 387 g/mol. The first-order valence-electron chi connectivity index (χ1n) is 6.55. The maximum absolute atomic E-state index is 12.5. The van der Waals surface area contributed by atoms with Crippen LogP contribution in [0.3, 0.4) is 0 Å². The first-order valence-corrected chi connectivity index (χ1v) is 9.45. The Hall–Kier alpha value is -0.860. The van der Waals surface area contributed by atoms with Crippen molar-refractivity contribution in [1.29, 1.82) is 10.5 Å². The quantitative estimate of drug-likeness (QED) is 0.460. The van der Waals surface area contributed by atoms with Crippen LogP contribution in [-0.2, 0) is 9.84 Å². The second-order valence-electron chi connectivity index (χ2n) is 5.55. The van der Waals surface area contributed by atoms with E-state index >= 15 is 0 Å². The molecule has 1 spiro atoms. The molecule has 1 aliphatic carbocycles. The van der Waals surface area contributed by atoms with Crippen LogP contribution in [0.25, 0.3) is 0 Å². The van der Waals surface area contributed by atoms with Crippen LogP contribution in [-0.4, -0.2) is 14.2 Å². The number of hydrogen-bond donors (Lipinski definition) is 0. The molecule has 0 aromatic heterocycles. The van der Waals surface area contributed by atoms with Crippen LogP contribution in [0.5, 0.6) is 0 Å². The maximum Gasteiger partial charge on any atom is 0.179 e. The van der Waals surface area contributed by atoms with E-state index in [1.807, 2.05) is 34.7 Å². The number of allylic oxidation sites excluding steroid dienone is 2. The highest BCUT2D eigenvalue weighted by Gasteiger charge is 2.45. The van der Waals surface area contributed by atoms with Crippen LogP contribution >= 0.6 is 22.6 Å². The van der Waals surface area contributed by atoms with Crippen molar-refractivity contribution in [3.8, 4) is 12.1 Å². The van der Waals surface area contributed by atoms with E-state index in [1.54, 1.807) is 0 Å². The zero-order valence-corrected chi connectivity index (χ0v) is 14.0. The van der Waals surface area contributed by atoms with E-state index in [9.17, 15) is 8.42 Å². The number of hydrogen-bond acceptors (Lipinski definition) is 4. The topological polar surface area (TPSA) is 81.7 Å². The van der Waals surface area contributed by atoms with Crippen molar-refractivity contribution in [2.24, 2.45) is 5.41 Å². The third kappa shape index (κ3) is 2.77. The summed E-state index contributed by atoms with van der Waals surface area (Å²) < 4.78 is 26.5. The average Bonchev–Trinajstić information content (AvgIpc) is 2.39. The Kier molecular flexibility index (Phi) is 4.55. The lowest BCUT2D eigenvalue weighted by Gasteiger charge is -2.41. The number of sulfone groups is 1. The van der Waals surface area contributed by atoms with E-state index in [2.05, 4.69) is 0 Å². The van der Waals surface area contributed by atoms with E-state index in [-0.39, 0.29) is 21.6 Å². The molecule has 0 aromatic rings. The predicted octanol–water partition coefficient (Wildman–Crippen LogP) is 3.38. The summed E-state index contributed by atoms with van der Waals surface area (Å²) in [5, 5.41) is 18.2. The highest BCUT2D eigenvalue weighted by molar-refractivity contribution is 14.1. The molecule has 2 fully saturated rings. The molecule has 20 heavy (non-hydrogen) atoms. The summed E-state index contributed by atoms with van der Waals surface area (Å²) in [6.07, 6.45) is 5.47. The first kappa shape index (κ1) is 15.5. The van der Waals surface area contributed by atoms with Gasteiger partial charge in [0, 0.05) is 5.57 Å². The standard InChI is InChI=1S/C14H15IN2O2S/c15-7-13-12(11(8-16)9-17)6-14(10-20(13,18)19)4-2-1-3-5-14/h7H,1-6,10H2/b13-7-. The Morgan fingerprint density at radius 3 is 2.30 bits per heavy atom. The largest absolute Gasteiger partial charge is 0.224 e. The molecule has 1 heterocycles. The fraction of sp³-hybridized carbons (Fsp3) is 0.571. The minimum absolute atomic E-state index is 0.0545. The number of rotatable bonds is 0. The van der Waals surface area contributed by atoms with Gasteiger partial charge in [-0.25, -0.2) is 8.42 Å². The Morgan fingerprint density at radius 1 is 1.20 bits per heavy atom. The Morgan fingerprint density at radius 2 is 1.80 bits per heavy atom. The van der Waals surface area contributed by atoms with Crippen LogP contribution in [0.1, 0.15) is 38.5 Å². The molecule has 106 valence electrons. The molecule has 0 atom stereocenters. The number of nitrogens with zero attached hydrogens (tertiary/aromatic N) is 2. The van der Waals surface area contributed by atoms with Gasteiger partial charge in [0.25, 0.3) is 0 Å². The minimum Gasteiger partial charge on any atom is -0.224 e. The van der Waals surface area contributed by atoms with Crippen LogP contribution in [0.2, 0.25) is 0 Å². The van der Waals surface area contributed by atoms with Gasteiger partial charge in [0.2, 0.25) is 0 Å². The Labute approximate surface area is 133 Å². The van der Waals surface area contributed by atoms with Crippen molar-refractivity contribution in [2.45, 2.75) is 38.5 Å². The monoisotopic (exact) mass is 402 g/mol. The normalized spacial score (nSPS) is 25.9. The average molecular weight is 402 g/mol. The lowest BCUT2D eigenvalue weighted by molar-refractivity contribution is 0.215.